The summed E-state index contributed by atoms with van der Waals surface area (Å²) in [7, 11) is 0. The highest BCUT2D eigenvalue weighted by Gasteiger charge is 2.31. The van der Waals surface area contributed by atoms with Crippen LogP contribution >= 0.6 is 11.3 Å². The van der Waals surface area contributed by atoms with Crippen LogP contribution in [0.2, 0.25) is 0 Å². The smallest absolute Gasteiger partial charge is 0.185 e. The van der Waals surface area contributed by atoms with Crippen molar-refractivity contribution in [3.63, 3.8) is 0 Å². The summed E-state index contributed by atoms with van der Waals surface area (Å²) in [4.78, 5) is 10.6. The third kappa shape index (κ3) is 2.07. The number of nitrogens with zero attached hydrogens (tertiary/aromatic N) is 3. The van der Waals surface area contributed by atoms with Gasteiger partial charge in [-0.3, -0.25) is 4.90 Å². The van der Waals surface area contributed by atoms with E-state index in [0.717, 1.165) is 24.3 Å². The van der Waals surface area contributed by atoms with Gasteiger partial charge in [0.1, 0.15) is 0 Å². The summed E-state index contributed by atoms with van der Waals surface area (Å²) < 4.78 is 0. The molecule has 1 aliphatic carbocycles. The van der Waals surface area contributed by atoms with Crippen LogP contribution in [0.1, 0.15) is 17.7 Å². The monoisotopic (exact) mass is 238 g/mol. The standard InChI is InChI=1S/C11H18N4S/c12-7-10-8-13-11(16-10)15-5-3-14(4-6-15)9-1-2-9/h8-9H,1-7,12H2. The molecule has 0 spiro atoms. The van der Waals surface area contributed by atoms with E-state index >= 15 is 0 Å². The zero-order chi connectivity index (χ0) is 11.0. The van der Waals surface area contributed by atoms with Gasteiger partial charge in [-0.1, -0.05) is 0 Å². The van der Waals surface area contributed by atoms with E-state index in [4.69, 9.17) is 5.73 Å². The fourth-order valence-electron chi connectivity index (χ4n) is 2.26. The molecular weight excluding hydrogens is 220 g/mol. The molecule has 0 atom stereocenters. The maximum atomic E-state index is 5.61. The molecular formula is C11H18N4S. The molecule has 1 aliphatic heterocycles. The normalized spacial score (nSPS) is 22.7. The number of piperazine rings is 1. The van der Waals surface area contributed by atoms with Crippen LogP contribution in [0.25, 0.3) is 0 Å². The van der Waals surface area contributed by atoms with Gasteiger partial charge in [0.2, 0.25) is 0 Å². The van der Waals surface area contributed by atoms with Gasteiger partial charge < -0.3 is 10.6 Å². The van der Waals surface area contributed by atoms with E-state index in [1.165, 1.54) is 30.8 Å². The molecule has 88 valence electrons. The largest absolute Gasteiger partial charge is 0.346 e. The predicted molar refractivity (Wildman–Crippen MR) is 66.8 cm³/mol. The van der Waals surface area contributed by atoms with Crippen LogP contribution in [0.15, 0.2) is 6.20 Å². The Balaban J connectivity index is 1.60. The maximum Gasteiger partial charge on any atom is 0.185 e. The molecule has 0 aromatic carbocycles. The molecule has 1 saturated carbocycles. The minimum absolute atomic E-state index is 0.611. The van der Waals surface area contributed by atoms with Crippen LogP contribution in [0, 0.1) is 0 Å². The lowest BCUT2D eigenvalue weighted by Crippen LogP contribution is -2.47. The molecule has 1 aromatic heterocycles. The van der Waals surface area contributed by atoms with Crippen molar-refractivity contribution in [1.29, 1.82) is 0 Å². The number of anilines is 1. The Kier molecular flexibility index (Phi) is 2.83. The molecule has 0 unspecified atom stereocenters. The van der Waals surface area contributed by atoms with Gasteiger partial charge in [-0.2, -0.15) is 0 Å². The molecule has 0 amide bonds. The Morgan fingerprint density at radius 2 is 2.06 bits per heavy atom. The van der Waals surface area contributed by atoms with E-state index in [-0.39, 0.29) is 0 Å². The van der Waals surface area contributed by atoms with E-state index in [2.05, 4.69) is 14.8 Å². The van der Waals surface area contributed by atoms with Crippen molar-refractivity contribution in [2.75, 3.05) is 31.1 Å². The van der Waals surface area contributed by atoms with E-state index in [0.29, 0.717) is 6.54 Å². The Morgan fingerprint density at radius 1 is 1.31 bits per heavy atom. The lowest BCUT2D eigenvalue weighted by molar-refractivity contribution is 0.248. The maximum absolute atomic E-state index is 5.61. The zero-order valence-electron chi connectivity index (χ0n) is 9.43. The first kappa shape index (κ1) is 10.5. The first-order chi connectivity index (χ1) is 7.86. The van der Waals surface area contributed by atoms with Crippen LogP contribution in [0.3, 0.4) is 0 Å². The van der Waals surface area contributed by atoms with Gasteiger partial charge in [-0.25, -0.2) is 4.98 Å². The first-order valence-corrected chi connectivity index (χ1v) is 6.82. The average molecular weight is 238 g/mol. The highest BCUT2D eigenvalue weighted by atomic mass is 32.1. The minimum Gasteiger partial charge on any atom is -0.346 e. The average Bonchev–Trinajstić information content (AvgIpc) is 3.07. The van der Waals surface area contributed by atoms with Crippen LogP contribution in [0.5, 0.6) is 0 Å². The molecule has 2 heterocycles. The Bertz CT molecular complexity index is 353. The highest BCUT2D eigenvalue weighted by molar-refractivity contribution is 7.15. The van der Waals surface area contributed by atoms with Gasteiger partial charge in [0, 0.05) is 49.8 Å². The van der Waals surface area contributed by atoms with E-state index < -0.39 is 0 Å². The number of hydrogen-bond acceptors (Lipinski definition) is 5. The summed E-state index contributed by atoms with van der Waals surface area (Å²) in [5.74, 6) is 0. The van der Waals surface area contributed by atoms with Crippen molar-refractivity contribution in [1.82, 2.24) is 9.88 Å². The summed E-state index contributed by atoms with van der Waals surface area (Å²) in [6.07, 6.45) is 4.73. The fourth-order valence-corrected chi connectivity index (χ4v) is 3.10. The summed E-state index contributed by atoms with van der Waals surface area (Å²) in [5.41, 5.74) is 5.61. The summed E-state index contributed by atoms with van der Waals surface area (Å²) in [6, 6.07) is 0.901. The molecule has 2 aliphatic rings. The summed E-state index contributed by atoms with van der Waals surface area (Å²) >= 11 is 1.74. The van der Waals surface area contributed by atoms with Crippen LogP contribution in [-0.2, 0) is 6.54 Å². The second-order valence-electron chi connectivity index (χ2n) is 4.57. The molecule has 0 radical (unpaired) electrons. The van der Waals surface area contributed by atoms with Crippen molar-refractivity contribution in [3.8, 4) is 0 Å². The topological polar surface area (TPSA) is 45.4 Å². The van der Waals surface area contributed by atoms with E-state index in [1.54, 1.807) is 11.3 Å². The summed E-state index contributed by atoms with van der Waals surface area (Å²) in [6.45, 7) is 5.24. The zero-order valence-corrected chi connectivity index (χ0v) is 10.2. The quantitative estimate of drug-likeness (QED) is 0.849. The van der Waals surface area contributed by atoms with Gasteiger partial charge in [0.05, 0.1) is 0 Å². The number of hydrogen-bond donors (Lipinski definition) is 1. The van der Waals surface area contributed by atoms with Crippen LogP contribution < -0.4 is 10.6 Å². The first-order valence-electron chi connectivity index (χ1n) is 6.00. The number of nitrogens with two attached hydrogens (primary N) is 1. The molecule has 5 heteroatoms. The molecule has 2 fully saturated rings. The van der Waals surface area contributed by atoms with Crippen molar-refractivity contribution in [2.45, 2.75) is 25.4 Å². The van der Waals surface area contributed by atoms with E-state index in [9.17, 15) is 0 Å². The van der Waals surface area contributed by atoms with Crippen molar-refractivity contribution >= 4 is 16.5 Å². The molecule has 16 heavy (non-hydrogen) atoms. The molecule has 1 saturated heterocycles. The third-order valence-electron chi connectivity index (χ3n) is 3.39. The lowest BCUT2D eigenvalue weighted by atomic mass is 10.3. The number of aromatic nitrogens is 1. The van der Waals surface area contributed by atoms with E-state index in [1.807, 2.05) is 6.20 Å². The van der Waals surface area contributed by atoms with Gasteiger partial charge in [-0.05, 0) is 12.8 Å². The molecule has 1 aromatic rings. The molecule has 4 nitrogen and oxygen atoms in total. The minimum atomic E-state index is 0.611. The number of thiazole rings is 1. The van der Waals surface area contributed by atoms with Crippen LogP contribution in [-0.4, -0.2) is 42.1 Å². The Hall–Kier alpha value is -0.650. The van der Waals surface area contributed by atoms with Gasteiger partial charge >= 0.3 is 0 Å². The summed E-state index contributed by atoms with van der Waals surface area (Å²) in [5, 5.41) is 1.15. The number of rotatable bonds is 3. The lowest BCUT2D eigenvalue weighted by Gasteiger charge is -2.34. The van der Waals surface area contributed by atoms with Gasteiger partial charge in [-0.15, -0.1) is 11.3 Å². The van der Waals surface area contributed by atoms with Crippen molar-refractivity contribution in [3.05, 3.63) is 11.1 Å². The second kappa shape index (κ2) is 4.31. The van der Waals surface area contributed by atoms with Crippen molar-refractivity contribution < 1.29 is 0 Å². The predicted octanol–water partition coefficient (Wildman–Crippen LogP) is 0.886. The molecule has 2 N–H and O–H groups in total. The molecule has 0 bridgehead atoms. The fraction of sp³-hybridized carbons (Fsp3) is 0.727. The Labute approximate surface area is 100 Å². The SMILES string of the molecule is NCc1cnc(N2CCN(C3CC3)CC2)s1. The van der Waals surface area contributed by atoms with Crippen molar-refractivity contribution in [2.24, 2.45) is 5.73 Å². The van der Waals surface area contributed by atoms with Gasteiger partial charge in [0.15, 0.2) is 5.13 Å². The third-order valence-corrected chi connectivity index (χ3v) is 4.47. The highest BCUT2D eigenvalue weighted by Crippen LogP contribution is 2.29. The molecule has 3 rings (SSSR count). The Morgan fingerprint density at radius 3 is 2.62 bits per heavy atom. The van der Waals surface area contributed by atoms with Gasteiger partial charge in [0.25, 0.3) is 0 Å². The van der Waals surface area contributed by atoms with Crippen LogP contribution in [0.4, 0.5) is 5.13 Å². The second-order valence-corrected chi connectivity index (χ2v) is 5.66.